The Morgan fingerprint density at radius 1 is 1.23 bits per heavy atom. The zero-order valence-corrected chi connectivity index (χ0v) is 8.06. The zero-order valence-electron chi connectivity index (χ0n) is 8.06. The molecule has 0 bridgehead atoms. The van der Waals surface area contributed by atoms with Crippen LogP contribution in [0.5, 0.6) is 0 Å². The number of rotatable bonds is 3. The van der Waals surface area contributed by atoms with E-state index in [9.17, 15) is 0 Å². The molecule has 0 aliphatic carbocycles. The SMILES string of the molecule is CN=Cc1ccc(/C=N/N(C)C)o1. The van der Waals surface area contributed by atoms with Crippen LogP contribution in [0.3, 0.4) is 0 Å². The fraction of sp³-hybridized carbons (Fsp3) is 0.333. The lowest BCUT2D eigenvalue weighted by atomic mass is 10.4. The lowest BCUT2D eigenvalue weighted by Crippen LogP contribution is -2.01. The highest BCUT2D eigenvalue weighted by atomic mass is 16.3. The van der Waals surface area contributed by atoms with Gasteiger partial charge in [0.2, 0.25) is 0 Å². The lowest BCUT2D eigenvalue weighted by Gasteiger charge is -2.00. The van der Waals surface area contributed by atoms with E-state index in [4.69, 9.17) is 4.42 Å². The van der Waals surface area contributed by atoms with E-state index in [1.165, 1.54) is 0 Å². The van der Waals surface area contributed by atoms with E-state index in [1.807, 2.05) is 26.2 Å². The first-order valence-corrected chi connectivity index (χ1v) is 3.95. The van der Waals surface area contributed by atoms with Crippen LogP contribution in [0.1, 0.15) is 11.5 Å². The molecule has 0 spiro atoms. The van der Waals surface area contributed by atoms with Crippen LogP contribution in [0, 0.1) is 0 Å². The molecule has 1 aromatic rings. The van der Waals surface area contributed by atoms with E-state index in [0.717, 1.165) is 11.5 Å². The molecule has 0 amide bonds. The van der Waals surface area contributed by atoms with Gasteiger partial charge in [0.25, 0.3) is 0 Å². The second-order valence-electron chi connectivity index (χ2n) is 2.72. The van der Waals surface area contributed by atoms with Gasteiger partial charge in [-0.05, 0) is 12.1 Å². The van der Waals surface area contributed by atoms with Crippen LogP contribution in [0.4, 0.5) is 0 Å². The molecule has 0 fully saturated rings. The summed E-state index contributed by atoms with van der Waals surface area (Å²) in [6, 6.07) is 3.70. The van der Waals surface area contributed by atoms with Gasteiger partial charge in [0, 0.05) is 21.1 Å². The number of hydrogen-bond donors (Lipinski definition) is 0. The molecule has 0 aliphatic rings. The zero-order chi connectivity index (χ0) is 9.68. The molecular formula is C9H13N3O. The van der Waals surface area contributed by atoms with E-state index in [1.54, 1.807) is 24.5 Å². The summed E-state index contributed by atoms with van der Waals surface area (Å²) in [6.45, 7) is 0. The lowest BCUT2D eigenvalue weighted by molar-refractivity contribution is 0.438. The maximum absolute atomic E-state index is 5.35. The minimum Gasteiger partial charge on any atom is -0.454 e. The van der Waals surface area contributed by atoms with Gasteiger partial charge in [0.05, 0.1) is 12.4 Å². The Labute approximate surface area is 77.6 Å². The normalized spacial score (nSPS) is 11.6. The van der Waals surface area contributed by atoms with E-state index in [0.29, 0.717) is 0 Å². The smallest absolute Gasteiger partial charge is 0.147 e. The van der Waals surface area contributed by atoms with Crippen LogP contribution in [0.15, 0.2) is 26.6 Å². The Morgan fingerprint density at radius 3 is 2.38 bits per heavy atom. The Bertz CT molecular complexity index is 312. The standard InChI is InChI=1S/C9H13N3O/c1-10-6-8-4-5-9(13-8)7-11-12(2)3/h4-7H,1-3H3/b10-6?,11-7+. The predicted octanol–water partition coefficient (Wildman–Crippen LogP) is 1.22. The van der Waals surface area contributed by atoms with Gasteiger partial charge in [0.15, 0.2) is 0 Å². The van der Waals surface area contributed by atoms with Gasteiger partial charge in [-0.2, -0.15) is 5.10 Å². The van der Waals surface area contributed by atoms with Gasteiger partial charge in [-0.15, -0.1) is 0 Å². The highest BCUT2D eigenvalue weighted by Gasteiger charge is 1.95. The van der Waals surface area contributed by atoms with Gasteiger partial charge in [-0.25, -0.2) is 0 Å². The largest absolute Gasteiger partial charge is 0.454 e. The molecule has 0 N–H and O–H groups in total. The molecule has 0 unspecified atom stereocenters. The van der Waals surface area contributed by atoms with Crippen LogP contribution in [0.2, 0.25) is 0 Å². The molecule has 0 aliphatic heterocycles. The van der Waals surface area contributed by atoms with Crippen molar-refractivity contribution in [2.24, 2.45) is 10.1 Å². The molecular weight excluding hydrogens is 166 g/mol. The van der Waals surface area contributed by atoms with Crippen LogP contribution in [-0.2, 0) is 0 Å². The third kappa shape index (κ3) is 3.11. The van der Waals surface area contributed by atoms with Crippen LogP contribution in [-0.4, -0.2) is 38.6 Å². The van der Waals surface area contributed by atoms with Crippen molar-refractivity contribution in [1.29, 1.82) is 0 Å². The van der Waals surface area contributed by atoms with Crippen LogP contribution in [0.25, 0.3) is 0 Å². The molecule has 1 heterocycles. The van der Waals surface area contributed by atoms with Gasteiger partial charge < -0.3 is 9.43 Å². The molecule has 0 aromatic carbocycles. The van der Waals surface area contributed by atoms with E-state index in [-0.39, 0.29) is 0 Å². The van der Waals surface area contributed by atoms with Gasteiger partial charge in [-0.3, -0.25) is 4.99 Å². The number of hydrazone groups is 1. The van der Waals surface area contributed by atoms with Crippen molar-refractivity contribution in [3.05, 3.63) is 23.7 Å². The maximum Gasteiger partial charge on any atom is 0.147 e. The average molecular weight is 179 g/mol. The average Bonchev–Trinajstić information content (AvgIpc) is 2.50. The molecule has 0 atom stereocenters. The first-order valence-electron chi connectivity index (χ1n) is 3.95. The van der Waals surface area contributed by atoms with Crippen molar-refractivity contribution in [1.82, 2.24) is 5.01 Å². The number of nitrogens with zero attached hydrogens (tertiary/aromatic N) is 3. The quantitative estimate of drug-likeness (QED) is 0.517. The maximum atomic E-state index is 5.35. The fourth-order valence-electron chi connectivity index (χ4n) is 0.807. The van der Waals surface area contributed by atoms with Crippen molar-refractivity contribution in [2.45, 2.75) is 0 Å². The Kier molecular flexibility index (Phi) is 3.25. The van der Waals surface area contributed by atoms with Crippen molar-refractivity contribution >= 4 is 12.4 Å². The Hall–Kier alpha value is -1.58. The van der Waals surface area contributed by atoms with Crippen molar-refractivity contribution in [2.75, 3.05) is 21.1 Å². The minimum atomic E-state index is 0.726. The third-order valence-electron chi connectivity index (χ3n) is 1.32. The van der Waals surface area contributed by atoms with Crippen LogP contribution < -0.4 is 0 Å². The number of furan rings is 1. The predicted molar refractivity (Wildman–Crippen MR) is 53.5 cm³/mol. The van der Waals surface area contributed by atoms with Crippen molar-refractivity contribution in [3.63, 3.8) is 0 Å². The highest BCUT2D eigenvalue weighted by Crippen LogP contribution is 2.02. The van der Waals surface area contributed by atoms with Crippen LogP contribution >= 0.6 is 0 Å². The van der Waals surface area contributed by atoms with Crippen molar-refractivity contribution in [3.8, 4) is 0 Å². The molecule has 0 saturated carbocycles. The molecule has 1 aromatic heterocycles. The summed E-state index contributed by atoms with van der Waals surface area (Å²) in [5.74, 6) is 1.46. The molecule has 70 valence electrons. The molecule has 0 saturated heterocycles. The molecule has 4 nitrogen and oxygen atoms in total. The van der Waals surface area contributed by atoms with Gasteiger partial charge >= 0.3 is 0 Å². The second-order valence-corrected chi connectivity index (χ2v) is 2.72. The fourth-order valence-corrected chi connectivity index (χ4v) is 0.807. The topological polar surface area (TPSA) is 41.1 Å². The Balaban J connectivity index is 2.69. The summed E-state index contributed by atoms with van der Waals surface area (Å²) in [7, 11) is 5.41. The highest BCUT2D eigenvalue weighted by molar-refractivity contribution is 5.80. The molecule has 13 heavy (non-hydrogen) atoms. The first-order chi connectivity index (χ1) is 6.22. The summed E-state index contributed by atoms with van der Waals surface area (Å²) in [4.78, 5) is 3.84. The summed E-state index contributed by atoms with van der Waals surface area (Å²) in [5.41, 5.74) is 0. The van der Waals surface area contributed by atoms with Crippen molar-refractivity contribution < 1.29 is 4.42 Å². The summed E-state index contributed by atoms with van der Waals surface area (Å²) < 4.78 is 5.35. The molecule has 1 rings (SSSR count). The summed E-state index contributed by atoms with van der Waals surface area (Å²) in [5, 5.41) is 5.74. The van der Waals surface area contributed by atoms with Gasteiger partial charge in [0.1, 0.15) is 11.5 Å². The van der Waals surface area contributed by atoms with E-state index < -0.39 is 0 Å². The second kappa shape index (κ2) is 4.45. The number of hydrogen-bond acceptors (Lipinski definition) is 4. The number of aliphatic imine (C=N–C) groups is 1. The monoisotopic (exact) mass is 179 g/mol. The van der Waals surface area contributed by atoms with E-state index >= 15 is 0 Å². The molecule has 4 heteroatoms. The summed E-state index contributed by atoms with van der Waals surface area (Å²) >= 11 is 0. The van der Waals surface area contributed by atoms with Gasteiger partial charge in [-0.1, -0.05) is 0 Å². The molecule has 0 radical (unpaired) electrons. The summed E-state index contributed by atoms with van der Waals surface area (Å²) in [6.07, 6.45) is 3.32. The third-order valence-corrected chi connectivity index (χ3v) is 1.32. The van der Waals surface area contributed by atoms with E-state index in [2.05, 4.69) is 10.1 Å². The minimum absolute atomic E-state index is 0.726. The Morgan fingerprint density at radius 2 is 1.85 bits per heavy atom. The first kappa shape index (κ1) is 9.51.